The van der Waals surface area contributed by atoms with E-state index in [1.807, 2.05) is 55.5 Å². The number of hydrogen-bond acceptors (Lipinski definition) is 5. The third-order valence-electron chi connectivity index (χ3n) is 5.63. The summed E-state index contributed by atoms with van der Waals surface area (Å²) >= 11 is 5.75. The highest BCUT2D eigenvalue weighted by Gasteiger charge is 2.34. The lowest BCUT2D eigenvalue weighted by molar-refractivity contribution is 0.340. The normalized spacial score (nSPS) is 16.4. The Morgan fingerprint density at radius 2 is 1.79 bits per heavy atom. The van der Waals surface area contributed by atoms with Gasteiger partial charge in [0, 0.05) is 17.8 Å². The molecule has 1 aliphatic rings. The fraction of sp³-hybridized carbons (Fsp3) is 0.346. The summed E-state index contributed by atoms with van der Waals surface area (Å²) in [7, 11) is 0. The van der Waals surface area contributed by atoms with Crippen molar-refractivity contribution in [2.75, 3.05) is 13.2 Å². The number of ether oxygens (including phenoxy) is 1. The van der Waals surface area contributed by atoms with Gasteiger partial charge in [0.05, 0.1) is 18.2 Å². The second-order valence-corrected chi connectivity index (χ2v) is 9.06. The molecule has 0 amide bonds. The summed E-state index contributed by atoms with van der Waals surface area (Å²) in [4.78, 5) is 6.90. The Kier molecular flexibility index (Phi) is 6.79. The number of hydrogen-bond donors (Lipinski definition) is 1. The zero-order valence-corrected chi connectivity index (χ0v) is 20.6. The molecule has 1 N–H and O–H groups in total. The quantitative estimate of drug-likeness (QED) is 0.448. The molecule has 0 bridgehead atoms. The molecular weight excluding hydrogens is 432 g/mol. The summed E-state index contributed by atoms with van der Waals surface area (Å²) < 4.78 is 11.4. The van der Waals surface area contributed by atoms with E-state index in [1.54, 1.807) is 0 Å². The molecule has 0 saturated heterocycles. The maximum atomic E-state index is 5.81. The number of rotatable bonds is 7. The Bertz CT molecular complexity index is 1150. The van der Waals surface area contributed by atoms with Crippen molar-refractivity contribution in [3.63, 3.8) is 0 Å². The van der Waals surface area contributed by atoms with E-state index in [0.29, 0.717) is 29.4 Å². The molecule has 0 radical (unpaired) electrons. The smallest absolute Gasteiger partial charge is 0.258 e. The van der Waals surface area contributed by atoms with Crippen LogP contribution in [0, 0.1) is 12.8 Å². The second-order valence-electron chi connectivity index (χ2n) is 8.68. The van der Waals surface area contributed by atoms with Gasteiger partial charge in [-0.1, -0.05) is 61.0 Å². The molecule has 4 rings (SSSR count). The summed E-state index contributed by atoms with van der Waals surface area (Å²) in [5.74, 6) is 2.33. The summed E-state index contributed by atoms with van der Waals surface area (Å²) in [5.41, 5.74) is 5.11. The fourth-order valence-corrected chi connectivity index (χ4v) is 4.30. The van der Waals surface area contributed by atoms with Gasteiger partial charge in [-0.25, -0.2) is 0 Å². The monoisotopic (exact) mass is 462 g/mol. The average Bonchev–Trinajstić information content (AvgIpc) is 3.27. The van der Waals surface area contributed by atoms with Gasteiger partial charge in [-0.05, 0) is 56.6 Å². The van der Waals surface area contributed by atoms with E-state index in [4.69, 9.17) is 26.5 Å². The largest absolute Gasteiger partial charge is 0.494 e. The van der Waals surface area contributed by atoms with Gasteiger partial charge < -0.3 is 19.5 Å². The molecule has 0 fully saturated rings. The minimum Gasteiger partial charge on any atom is -0.494 e. The van der Waals surface area contributed by atoms with Crippen LogP contribution in [0.5, 0.6) is 5.75 Å². The SMILES string of the molecule is CCOc1ccc(C2NC(=S)N(CC(C)C)C(C)=C2c2nc(-c3ccc(C)cc3)no2)cc1. The molecule has 6 nitrogen and oxygen atoms in total. The summed E-state index contributed by atoms with van der Waals surface area (Å²) in [6.07, 6.45) is 0. The zero-order chi connectivity index (χ0) is 23.5. The van der Waals surface area contributed by atoms with E-state index in [9.17, 15) is 0 Å². The highest BCUT2D eigenvalue weighted by atomic mass is 32.1. The van der Waals surface area contributed by atoms with Crippen LogP contribution in [-0.4, -0.2) is 33.3 Å². The highest BCUT2D eigenvalue weighted by Crippen LogP contribution is 2.38. The predicted molar refractivity (Wildman–Crippen MR) is 135 cm³/mol. The molecule has 1 aromatic heterocycles. The first-order valence-corrected chi connectivity index (χ1v) is 11.7. The van der Waals surface area contributed by atoms with Crippen LogP contribution in [0.4, 0.5) is 0 Å². The van der Waals surface area contributed by atoms with Crippen LogP contribution in [0.2, 0.25) is 0 Å². The minimum absolute atomic E-state index is 0.206. The Labute approximate surface area is 200 Å². The Balaban J connectivity index is 1.77. The molecule has 7 heteroatoms. The van der Waals surface area contributed by atoms with Gasteiger partial charge in [-0.3, -0.25) is 0 Å². The van der Waals surface area contributed by atoms with Crippen molar-refractivity contribution < 1.29 is 9.26 Å². The Morgan fingerprint density at radius 1 is 1.09 bits per heavy atom. The van der Waals surface area contributed by atoms with Crippen LogP contribution in [-0.2, 0) is 0 Å². The lowest BCUT2D eigenvalue weighted by atomic mass is 9.94. The van der Waals surface area contributed by atoms with Crippen molar-refractivity contribution in [2.24, 2.45) is 5.92 Å². The maximum Gasteiger partial charge on any atom is 0.258 e. The van der Waals surface area contributed by atoms with Gasteiger partial charge in [0.2, 0.25) is 5.82 Å². The molecule has 172 valence electrons. The molecule has 33 heavy (non-hydrogen) atoms. The highest BCUT2D eigenvalue weighted by molar-refractivity contribution is 7.80. The number of benzene rings is 2. The summed E-state index contributed by atoms with van der Waals surface area (Å²) in [5, 5.41) is 8.48. The molecule has 0 aliphatic carbocycles. The van der Waals surface area contributed by atoms with Gasteiger partial charge in [0.1, 0.15) is 5.75 Å². The van der Waals surface area contributed by atoms with Gasteiger partial charge in [0.15, 0.2) is 5.11 Å². The van der Waals surface area contributed by atoms with Crippen molar-refractivity contribution in [1.82, 2.24) is 20.4 Å². The summed E-state index contributed by atoms with van der Waals surface area (Å²) in [6.45, 7) is 11.9. The van der Waals surface area contributed by atoms with Crippen molar-refractivity contribution in [2.45, 2.75) is 40.7 Å². The molecule has 1 aliphatic heterocycles. The van der Waals surface area contributed by atoms with Crippen LogP contribution in [0.1, 0.15) is 50.8 Å². The molecule has 1 unspecified atom stereocenters. The summed E-state index contributed by atoms with van der Waals surface area (Å²) in [6, 6.07) is 16.0. The van der Waals surface area contributed by atoms with Crippen LogP contribution in [0.25, 0.3) is 17.0 Å². The number of thiocarbonyl (C=S) groups is 1. The van der Waals surface area contributed by atoms with E-state index >= 15 is 0 Å². The first-order chi connectivity index (χ1) is 15.9. The number of aryl methyl sites for hydroxylation is 1. The molecule has 1 atom stereocenters. The number of aromatic nitrogens is 2. The number of allylic oxidation sites excluding steroid dienone is 1. The predicted octanol–water partition coefficient (Wildman–Crippen LogP) is 5.76. The van der Waals surface area contributed by atoms with E-state index < -0.39 is 0 Å². The molecule has 3 aromatic rings. The van der Waals surface area contributed by atoms with Gasteiger partial charge >= 0.3 is 0 Å². The minimum atomic E-state index is -0.206. The first kappa shape index (κ1) is 23.0. The lowest BCUT2D eigenvalue weighted by Crippen LogP contribution is -2.47. The molecule has 2 aromatic carbocycles. The number of nitrogens with zero attached hydrogens (tertiary/aromatic N) is 3. The van der Waals surface area contributed by atoms with E-state index in [2.05, 4.69) is 43.1 Å². The standard InChI is InChI=1S/C26H30N4O2S/c1-6-31-21-13-11-19(12-14-21)23-22(18(5)30(15-16(2)3)26(33)27-23)25-28-24(29-32-25)20-9-7-17(4)8-10-20/h7-14,16,23H,6,15H2,1-5H3,(H,27,33). The van der Waals surface area contributed by atoms with Crippen LogP contribution in [0.3, 0.4) is 0 Å². The van der Waals surface area contributed by atoms with Crippen molar-refractivity contribution >= 4 is 22.9 Å². The molecular formula is C26H30N4O2S. The van der Waals surface area contributed by atoms with Crippen molar-refractivity contribution in [3.05, 3.63) is 71.2 Å². The van der Waals surface area contributed by atoms with E-state index in [-0.39, 0.29) is 6.04 Å². The Morgan fingerprint density at radius 3 is 2.42 bits per heavy atom. The topological polar surface area (TPSA) is 63.4 Å². The molecule has 2 heterocycles. The lowest BCUT2D eigenvalue weighted by Gasteiger charge is -2.38. The zero-order valence-electron chi connectivity index (χ0n) is 19.8. The van der Waals surface area contributed by atoms with Crippen LogP contribution in [0.15, 0.2) is 58.8 Å². The van der Waals surface area contributed by atoms with Gasteiger partial charge in [-0.2, -0.15) is 4.98 Å². The molecule has 0 saturated carbocycles. The Hall–Kier alpha value is -3.19. The maximum absolute atomic E-state index is 5.81. The van der Waals surface area contributed by atoms with Crippen LogP contribution < -0.4 is 10.1 Å². The second kappa shape index (κ2) is 9.75. The van der Waals surface area contributed by atoms with Crippen LogP contribution >= 0.6 is 12.2 Å². The van der Waals surface area contributed by atoms with E-state index in [1.165, 1.54) is 5.56 Å². The first-order valence-electron chi connectivity index (χ1n) is 11.3. The fourth-order valence-electron chi connectivity index (χ4n) is 3.97. The van der Waals surface area contributed by atoms with Crippen molar-refractivity contribution in [3.8, 4) is 17.1 Å². The third-order valence-corrected chi connectivity index (χ3v) is 5.97. The van der Waals surface area contributed by atoms with E-state index in [0.717, 1.165) is 34.7 Å². The van der Waals surface area contributed by atoms with Crippen molar-refractivity contribution in [1.29, 1.82) is 0 Å². The van der Waals surface area contributed by atoms with Gasteiger partial charge in [0.25, 0.3) is 5.89 Å². The number of nitrogens with one attached hydrogen (secondary N) is 1. The van der Waals surface area contributed by atoms with Gasteiger partial charge in [-0.15, -0.1) is 0 Å². The molecule has 0 spiro atoms. The third kappa shape index (κ3) is 4.93. The average molecular weight is 463 g/mol.